The summed E-state index contributed by atoms with van der Waals surface area (Å²) in [6.07, 6.45) is 1.11. The van der Waals surface area contributed by atoms with Crippen LogP contribution < -0.4 is 11.0 Å². The van der Waals surface area contributed by atoms with Gasteiger partial charge in [0.1, 0.15) is 17.5 Å². The average Bonchev–Trinajstić information content (AvgIpc) is 3.13. The molecule has 4 rings (SSSR count). The number of amides is 2. The second kappa shape index (κ2) is 7.55. The van der Waals surface area contributed by atoms with E-state index in [4.69, 9.17) is 4.42 Å². The third-order valence-electron chi connectivity index (χ3n) is 5.59. The van der Waals surface area contributed by atoms with Crippen molar-refractivity contribution >= 4 is 11.8 Å². The van der Waals surface area contributed by atoms with Gasteiger partial charge in [0.05, 0.1) is 6.54 Å². The monoisotopic (exact) mass is 415 g/mol. The number of halogens is 1. The Morgan fingerprint density at radius 1 is 1.13 bits per heavy atom. The van der Waals surface area contributed by atoms with E-state index in [0.29, 0.717) is 23.3 Å². The highest BCUT2D eigenvalue weighted by molar-refractivity contribution is 5.96. The Bertz CT molecular complexity index is 1150. The van der Waals surface area contributed by atoms with Gasteiger partial charge >= 0.3 is 0 Å². The SMILES string of the molecule is Cc1cc(=O)cc(C(=O)N2CCc3c(cn(C)c(=O)c3C(=O)N3CC[C@@H](F)C3)C2)o1. The lowest BCUT2D eigenvalue weighted by Crippen LogP contribution is -2.42. The van der Waals surface area contributed by atoms with Crippen molar-refractivity contribution in [3.8, 4) is 0 Å². The molecule has 0 aromatic carbocycles. The fourth-order valence-electron chi connectivity index (χ4n) is 4.11. The molecular weight excluding hydrogens is 393 g/mol. The molecule has 2 aromatic heterocycles. The number of hydrogen-bond donors (Lipinski definition) is 0. The fourth-order valence-corrected chi connectivity index (χ4v) is 4.11. The normalized spacial score (nSPS) is 18.4. The minimum Gasteiger partial charge on any atom is -0.456 e. The van der Waals surface area contributed by atoms with Gasteiger partial charge in [0.25, 0.3) is 17.4 Å². The smallest absolute Gasteiger partial charge is 0.290 e. The molecule has 4 heterocycles. The van der Waals surface area contributed by atoms with Crippen molar-refractivity contribution in [3.63, 3.8) is 0 Å². The van der Waals surface area contributed by atoms with Crippen molar-refractivity contribution in [3.05, 3.63) is 67.1 Å². The number of nitrogens with zero attached hydrogens (tertiary/aromatic N) is 3. The van der Waals surface area contributed by atoms with Crippen molar-refractivity contribution in [1.29, 1.82) is 0 Å². The zero-order valence-electron chi connectivity index (χ0n) is 16.8. The number of rotatable bonds is 2. The largest absolute Gasteiger partial charge is 0.456 e. The maximum atomic E-state index is 13.6. The number of aryl methyl sites for hydroxylation is 2. The van der Waals surface area contributed by atoms with E-state index in [-0.39, 0.29) is 49.4 Å². The van der Waals surface area contributed by atoms with Crippen molar-refractivity contribution in [2.45, 2.75) is 32.5 Å². The molecule has 1 atom stereocenters. The lowest BCUT2D eigenvalue weighted by atomic mass is 9.95. The Balaban J connectivity index is 1.67. The van der Waals surface area contributed by atoms with Crippen molar-refractivity contribution in [1.82, 2.24) is 14.4 Å². The Morgan fingerprint density at radius 2 is 1.90 bits per heavy atom. The van der Waals surface area contributed by atoms with Crippen molar-refractivity contribution in [2.75, 3.05) is 19.6 Å². The third kappa shape index (κ3) is 3.55. The molecule has 0 spiro atoms. The summed E-state index contributed by atoms with van der Waals surface area (Å²) in [5, 5.41) is 0. The second-order valence-corrected chi connectivity index (χ2v) is 7.81. The summed E-state index contributed by atoms with van der Waals surface area (Å²) in [5.41, 5.74) is 0.585. The first-order valence-corrected chi connectivity index (χ1v) is 9.80. The molecule has 1 saturated heterocycles. The maximum Gasteiger partial charge on any atom is 0.290 e. The molecule has 8 nitrogen and oxygen atoms in total. The summed E-state index contributed by atoms with van der Waals surface area (Å²) < 4.78 is 20.3. The van der Waals surface area contributed by atoms with Crippen LogP contribution in [0.5, 0.6) is 0 Å². The summed E-state index contributed by atoms with van der Waals surface area (Å²) in [6.45, 7) is 2.30. The molecule has 0 aliphatic carbocycles. The molecule has 0 saturated carbocycles. The van der Waals surface area contributed by atoms with Gasteiger partial charge < -0.3 is 18.8 Å². The molecule has 2 aliphatic heterocycles. The van der Waals surface area contributed by atoms with Gasteiger partial charge in [0.15, 0.2) is 11.2 Å². The molecule has 2 aliphatic rings. The Hall–Kier alpha value is -3.23. The molecule has 9 heteroatoms. The first-order chi connectivity index (χ1) is 14.2. The van der Waals surface area contributed by atoms with E-state index in [1.165, 1.54) is 20.4 Å². The molecule has 30 heavy (non-hydrogen) atoms. The van der Waals surface area contributed by atoms with E-state index in [9.17, 15) is 23.6 Å². The van der Waals surface area contributed by atoms with E-state index >= 15 is 0 Å². The minimum absolute atomic E-state index is 0.0113. The number of aromatic nitrogens is 1. The lowest BCUT2D eigenvalue weighted by molar-refractivity contribution is 0.0696. The van der Waals surface area contributed by atoms with E-state index in [0.717, 1.165) is 6.07 Å². The molecule has 0 radical (unpaired) electrons. The maximum absolute atomic E-state index is 13.6. The molecule has 158 valence electrons. The molecule has 0 bridgehead atoms. The first-order valence-electron chi connectivity index (χ1n) is 9.80. The zero-order chi connectivity index (χ0) is 21.6. The third-order valence-corrected chi connectivity index (χ3v) is 5.59. The quantitative estimate of drug-likeness (QED) is 0.731. The topological polar surface area (TPSA) is 92.8 Å². The van der Waals surface area contributed by atoms with Crippen LogP contribution in [0.15, 0.2) is 32.3 Å². The van der Waals surface area contributed by atoms with Gasteiger partial charge in [-0.05, 0) is 30.9 Å². The Morgan fingerprint density at radius 3 is 2.57 bits per heavy atom. The van der Waals surface area contributed by atoms with E-state index in [1.807, 2.05) is 0 Å². The summed E-state index contributed by atoms with van der Waals surface area (Å²) in [5.74, 6) is -0.592. The van der Waals surface area contributed by atoms with Gasteiger partial charge in [-0.3, -0.25) is 19.2 Å². The van der Waals surface area contributed by atoms with E-state index in [1.54, 1.807) is 20.2 Å². The van der Waals surface area contributed by atoms with Crippen LogP contribution in [0.4, 0.5) is 4.39 Å². The molecule has 0 N–H and O–H groups in total. The lowest BCUT2D eigenvalue weighted by Gasteiger charge is -2.30. The number of alkyl halides is 1. The van der Waals surface area contributed by atoms with Gasteiger partial charge in [-0.1, -0.05) is 0 Å². The van der Waals surface area contributed by atoms with E-state index < -0.39 is 23.5 Å². The number of hydrogen-bond acceptors (Lipinski definition) is 5. The van der Waals surface area contributed by atoms with Gasteiger partial charge in [0.2, 0.25) is 0 Å². The molecule has 2 amide bonds. The summed E-state index contributed by atoms with van der Waals surface area (Å²) in [4.78, 5) is 53.1. The van der Waals surface area contributed by atoms with Crippen LogP contribution in [0.25, 0.3) is 0 Å². The Kier molecular flexibility index (Phi) is 5.05. The van der Waals surface area contributed by atoms with Crippen LogP contribution in [0.2, 0.25) is 0 Å². The fraction of sp³-hybridized carbons (Fsp3) is 0.429. The van der Waals surface area contributed by atoms with Gasteiger partial charge in [0, 0.05) is 45.0 Å². The molecule has 1 fully saturated rings. The van der Waals surface area contributed by atoms with Crippen LogP contribution in [-0.2, 0) is 20.0 Å². The average molecular weight is 415 g/mol. The van der Waals surface area contributed by atoms with Crippen LogP contribution >= 0.6 is 0 Å². The Labute approximate surface area is 171 Å². The zero-order valence-corrected chi connectivity index (χ0v) is 16.8. The predicted molar refractivity (Wildman–Crippen MR) is 105 cm³/mol. The highest BCUT2D eigenvalue weighted by atomic mass is 19.1. The minimum atomic E-state index is -1.07. The van der Waals surface area contributed by atoms with Gasteiger partial charge in [-0.25, -0.2) is 4.39 Å². The molecular formula is C21H22FN3O5. The number of carbonyl (C=O) groups is 2. The number of carbonyl (C=O) groups excluding carboxylic acids is 2. The second-order valence-electron chi connectivity index (χ2n) is 7.81. The van der Waals surface area contributed by atoms with Crippen LogP contribution in [0, 0.1) is 6.92 Å². The standard InChI is InChI=1S/C21H22FN3O5/c1-12-7-15(26)8-17(30-12)19(27)24-6-4-16-13(10-24)9-23(2)20(28)18(16)21(29)25-5-3-14(22)11-25/h7-9,14H,3-6,10-11H2,1-2H3/t14-/m1/s1. The van der Waals surface area contributed by atoms with Crippen molar-refractivity contribution in [2.24, 2.45) is 7.05 Å². The summed E-state index contributed by atoms with van der Waals surface area (Å²) >= 11 is 0. The highest BCUT2D eigenvalue weighted by Crippen LogP contribution is 2.24. The first kappa shape index (κ1) is 20.1. The summed E-state index contributed by atoms with van der Waals surface area (Å²) in [6, 6.07) is 2.46. The van der Waals surface area contributed by atoms with Crippen LogP contribution in [0.1, 0.15) is 44.2 Å². The number of pyridine rings is 1. The summed E-state index contributed by atoms with van der Waals surface area (Å²) in [7, 11) is 1.54. The van der Waals surface area contributed by atoms with E-state index in [2.05, 4.69) is 0 Å². The molecule has 0 unspecified atom stereocenters. The molecule has 2 aromatic rings. The highest BCUT2D eigenvalue weighted by Gasteiger charge is 2.33. The number of fused-ring (bicyclic) bond motifs is 1. The van der Waals surface area contributed by atoms with Crippen molar-refractivity contribution < 1.29 is 18.4 Å². The van der Waals surface area contributed by atoms with Crippen LogP contribution in [0.3, 0.4) is 0 Å². The van der Waals surface area contributed by atoms with Gasteiger partial charge in [-0.2, -0.15) is 0 Å². The van der Waals surface area contributed by atoms with Crippen LogP contribution in [-0.4, -0.2) is 52.0 Å². The number of likely N-dealkylation sites (tertiary alicyclic amines) is 1. The predicted octanol–water partition coefficient (Wildman–Crippen LogP) is 1.03. The van der Waals surface area contributed by atoms with Gasteiger partial charge in [-0.15, -0.1) is 0 Å².